The van der Waals surface area contributed by atoms with E-state index in [1.807, 2.05) is 0 Å². The summed E-state index contributed by atoms with van der Waals surface area (Å²) < 4.78 is 48.2. The van der Waals surface area contributed by atoms with Gasteiger partial charge in [-0.25, -0.2) is 13.8 Å². The van der Waals surface area contributed by atoms with E-state index in [2.05, 4.69) is 17.2 Å². The van der Waals surface area contributed by atoms with E-state index in [1.165, 1.54) is 7.11 Å². The highest BCUT2D eigenvalue weighted by Gasteiger charge is 2.35. The van der Waals surface area contributed by atoms with Crippen molar-refractivity contribution in [3.63, 3.8) is 0 Å². The van der Waals surface area contributed by atoms with Crippen LogP contribution in [0.25, 0.3) is 0 Å². The van der Waals surface area contributed by atoms with Gasteiger partial charge in [0.05, 0.1) is 19.3 Å². The molecule has 0 aliphatic carbocycles. The number of methoxy groups -OCH3 is 1. The van der Waals surface area contributed by atoms with Crippen LogP contribution in [0.2, 0.25) is 5.02 Å². The first-order chi connectivity index (χ1) is 13.3. The third kappa shape index (κ3) is 5.08. The monoisotopic (exact) mass is 450 g/mol. The molecule has 2 aromatic rings. The SMILES string of the molecule is COC(CCn1cc(F)c(=S)[nH]c1=O)COP1(=O)OCc2cc(Cl)ccc2O1. The van der Waals surface area contributed by atoms with E-state index in [1.54, 1.807) is 18.2 Å². The van der Waals surface area contributed by atoms with Crippen molar-refractivity contribution in [2.24, 2.45) is 0 Å². The lowest BCUT2D eigenvalue weighted by Crippen LogP contribution is -2.27. The number of H-pyrrole nitrogens is 1. The summed E-state index contributed by atoms with van der Waals surface area (Å²) in [4.78, 5) is 14.0. The van der Waals surface area contributed by atoms with E-state index in [4.69, 9.17) is 29.9 Å². The molecular weight excluding hydrogens is 434 g/mol. The van der Waals surface area contributed by atoms with E-state index in [0.717, 1.165) is 10.8 Å². The number of aromatic nitrogens is 2. The second kappa shape index (κ2) is 8.86. The minimum absolute atomic E-state index is 0.0305. The molecule has 152 valence electrons. The summed E-state index contributed by atoms with van der Waals surface area (Å²) in [5, 5.41) is 0.510. The number of hydrogen-bond acceptors (Lipinski definition) is 7. The highest BCUT2D eigenvalue weighted by Crippen LogP contribution is 2.54. The molecule has 1 aliphatic rings. The molecule has 0 fully saturated rings. The summed E-state index contributed by atoms with van der Waals surface area (Å²) in [6.45, 7) is 0.0522. The minimum Gasteiger partial charge on any atom is -0.404 e. The number of fused-ring (bicyclic) bond motifs is 1. The van der Waals surface area contributed by atoms with Gasteiger partial charge < -0.3 is 9.26 Å². The Balaban J connectivity index is 1.59. The van der Waals surface area contributed by atoms with Crippen LogP contribution < -0.4 is 10.2 Å². The molecule has 1 aliphatic heterocycles. The summed E-state index contributed by atoms with van der Waals surface area (Å²) in [6, 6.07) is 4.85. The number of nitrogens with one attached hydrogen (secondary N) is 1. The first kappa shape index (κ1) is 21.2. The molecule has 28 heavy (non-hydrogen) atoms. The van der Waals surface area contributed by atoms with Gasteiger partial charge in [-0.1, -0.05) is 23.8 Å². The Morgan fingerprint density at radius 3 is 3.04 bits per heavy atom. The standard InChI is InChI=1S/C16H17ClFN2O6PS/c1-23-12(4-5-20-7-13(18)15(28)19-16(20)21)9-25-27(22)24-8-10-6-11(17)2-3-14(10)26-27/h2-3,6-7,12H,4-5,8-9H2,1H3,(H,19,21,28). The smallest absolute Gasteiger partial charge is 0.404 e. The van der Waals surface area contributed by atoms with Crippen molar-refractivity contribution in [3.05, 3.63) is 55.9 Å². The number of hydrogen-bond donors (Lipinski definition) is 1. The van der Waals surface area contributed by atoms with E-state index in [9.17, 15) is 13.8 Å². The number of nitrogens with zero attached hydrogens (tertiary/aromatic N) is 1. The summed E-state index contributed by atoms with van der Waals surface area (Å²) >= 11 is 10.6. The van der Waals surface area contributed by atoms with Crippen molar-refractivity contribution in [2.75, 3.05) is 13.7 Å². The Bertz CT molecular complexity index is 1030. The maximum atomic E-state index is 13.5. The largest absolute Gasteiger partial charge is 0.530 e. The van der Waals surface area contributed by atoms with E-state index in [0.29, 0.717) is 16.3 Å². The molecule has 0 amide bonds. The highest BCUT2D eigenvalue weighted by molar-refractivity contribution is 7.71. The highest BCUT2D eigenvalue weighted by atomic mass is 35.5. The maximum Gasteiger partial charge on any atom is 0.530 e. The van der Waals surface area contributed by atoms with Crippen LogP contribution in [0.4, 0.5) is 4.39 Å². The van der Waals surface area contributed by atoms with Gasteiger partial charge in [-0.3, -0.25) is 18.6 Å². The van der Waals surface area contributed by atoms with Crippen LogP contribution in [0.15, 0.2) is 29.2 Å². The molecule has 2 unspecified atom stereocenters. The van der Waals surface area contributed by atoms with E-state index in [-0.39, 0.29) is 30.8 Å². The van der Waals surface area contributed by atoms with Crippen LogP contribution in [0.3, 0.4) is 0 Å². The Kier molecular flexibility index (Phi) is 6.69. The molecule has 0 saturated carbocycles. The van der Waals surface area contributed by atoms with Crippen LogP contribution >= 0.6 is 31.6 Å². The summed E-state index contributed by atoms with van der Waals surface area (Å²) in [7, 11) is -2.38. The molecule has 3 rings (SSSR count). The molecule has 1 aromatic carbocycles. The average molecular weight is 451 g/mol. The molecule has 2 heterocycles. The number of halogens is 2. The molecule has 1 N–H and O–H groups in total. The molecule has 0 radical (unpaired) electrons. The van der Waals surface area contributed by atoms with Gasteiger partial charge in [0.15, 0.2) is 5.82 Å². The van der Waals surface area contributed by atoms with Crippen LogP contribution in [0.1, 0.15) is 12.0 Å². The van der Waals surface area contributed by atoms with Crippen molar-refractivity contribution >= 4 is 31.6 Å². The number of benzene rings is 1. The minimum atomic E-state index is -3.82. The number of aromatic amines is 1. The Labute approximate surface area is 169 Å². The lowest BCUT2D eigenvalue weighted by Gasteiger charge is -2.26. The molecule has 0 spiro atoms. The van der Waals surface area contributed by atoms with Crippen LogP contribution in [-0.4, -0.2) is 29.4 Å². The number of ether oxygens (including phenoxy) is 1. The number of rotatable bonds is 7. The fraction of sp³-hybridized carbons (Fsp3) is 0.375. The van der Waals surface area contributed by atoms with Crippen molar-refractivity contribution < 1.29 is 27.3 Å². The van der Waals surface area contributed by atoms with Gasteiger partial charge in [0.1, 0.15) is 10.4 Å². The summed E-state index contributed by atoms with van der Waals surface area (Å²) in [6.07, 6.45) is 0.765. The zero-order valence-electron chi connectivity index (χ0n) is 14.7. The Morgan fingerprint density at radius 1 is 1.50 bits per heavy atom. The normalized spacial score (nSPS) is 19.7. The van der Waals surface area contributed by atoms with Gasteiger partial charge in [0.2, 0.25) is 0 Å². The molecule has 2 atom stereocenters. The van der Waals surface area contributed by atoms with Crippen LogP contribution in [-0.2, 0) is 31.5 Å². The summed E-state index contributed by atoms with van der Waals surface area (Å²) in [5.41, 5.74) is 0.123. The molecule has 1 aromatic heterocycles. The summed E-state index contributed by atoms with van der Waals surface area (Å²) in [5.74, 6) is -0.332. The predicted molar refractivity (Wildman–Crippen MR) is 102 cm³/mol. The first-order valence-corrected chi connectivity index (χ1v) is 10.4. The van der Waals surface area contributed by atoms with Crippen molar-refractivity contribution in [3.8, 4) is 5.75 Å². The number of phosphoric ester groups is 1. The lowest BCUT2D eigenvalue weighted by molar-refractivity contribution is 0.0300. The number of phosphoric acid groups is 1. The Morgan fingerprint density at radius 2 is 2.29 bits per heavy atom. The van der Waals surface area contributed by atoms with Gasteiger partial charge >= 0.3 is 13.5 Å². The quantitative estimate of drug-likeness (QED) is 0.506. The second-order valence-corrected chi connectivity index (χ2v) is 8.37. The fourth-order valence-corrected chi connectivity index (χ4v) is 4.06. The van der Waals surface area contributed by atoms with Gasteiger partial charge in [0.25, 0.3) is 0 Å². The topological polar surface area (TPSA) is 91.8 Å². The van der Waals surface area contributed by atoms with Gasteiger partial charge in [0, 0.05) is 30.4 Å². The van der Waals surface area contributed by atoms with Crippen molar-refractivity contribution in [2.45, 2.75) is 25.7 Å². The zero-order chi connectivity index (χ0) is 20.3. The van der Waals surface area contributed by atoms with Gasteiger partial charge in [-0.05, 0) is 24.6 Å². The fourth-order valence-electron chi connectivity index (χ4n) is 2.48. The molecular formula is C16H17ClFN2O6PS. The maximum absolute atomic E-state index is 13.5. The number of aryl methyl sites for hydroxylation is 1. The first-order valence-electron chi connectivity index (χ1n) is 8.19. The van der Waals surface area contributed by atoms with E-state index >= 15 is 0 Å². The van der Waals surface area contributed by atoms with Crippen LogP contribution in [0.5, 0.6) is 5.75 Å². The average Bonchev–Trinajstić information content (AvgIpc) is 2.66. The predicted octanol–water partition coefficient (Wildman–Crippen LogP) is 3.84. The molecule has 0 saturated heterocycles. The van der Waals surface area contributed by atoms with Crippen LogP contribution in [0, 0.1) is 10.5 Å². The van der Waals surface area contributed by atoms with Crippen molar-refractivity contribution in [1.29, 1.82) is 0 Å². The molecule has 0 bridgehead atoms. The lowest BCUT2D eigenvalue weighted by atomic mass is 10.2. The van der Waals surface area contributed by atoms with Gasteiger partial charge in [-0.2, -0.15) is 0 Å². The molecule has 8 nitrogen and oxygen atoms in total. The second-order valence-electron chi connectivity index (χ2n) is 5.94. The zero-order valence-corrected chi connectivity index (χ0v) is 17.2. The third-order valence-electron chi connectivity index (χ3n) is 4.02. The van der Waals surface area contributed by atoms with Crippen molar-refractivity contribution in [1.82, 2.24) is 9.55 Å². The Hall–Kier alpha value is -1.55. The van der Waals surface area contributed by atoms with E-state index < -0.39 is 25.4 Å². The molecule has 12 heteroatoms. The van der Waals surface area contributed by atoms with Gasteiger partial charge in [-0.15, -0.1) is 0 Å². The third-order valence-corrected chi connectivity index (χ3v) is 5.89.